The van der Waals surface area contributed by atoms with E-state index < -0.39 is 0 Å². The van der Waals surface area contributed by atoms with Crippen LogP contribution in [0.5, 0.6) is 0 Å². The number of hydrogen-bond acceptors (Lipinski definition) is 5. The van der Waals surface area contributed by atoms with E-state index in [-0.39, 0.29) is 23.7 Å². The molecule has 1 aliphatic rings. The van der Waals surface area contributed by atoms with Gasteiger partial charge in [-0.15, -0.1) is 0 Å². The first-order valence-electron chi connectivity index (χ1n) is 7.26. The van der Waals surface area contributed by atoms with Crippen molar-refractivity contribution in [3.05, 3.63) is 22.4 Å². The number of carbonyl (C=O) groups excluding carboxylic acids is 1. The van der Waals surface area contributed by atoms with Gasteiger partial charge in [0.2, 0.25) is 5.91 Å². The van der Waals surface area contributed by atoms with Gasteiger partial charge in [-0.05, 0) is 19.8 Å². The van der Waals surface area contributed by atoms with Crippen molar-refractivity contribution in [2.24, 2.45) is 0 Å². The molecule has 3 heterocycles. The summed E-state index contributed by atoms with van der Waals surface area (Å²) in [6, 6.07) is 0. The fraction of sp³-hybridized carbons (Fsp3) is 0.571. The van der Waals surface area contributed by atoms with Gasteiger partial charge in [-0.3, -0.25) is 14.2 Å². The van der Waals surface area contributed by atoms with Crippen molar-refractivity contribution in [1.29, 1.82) is 0 Å². The molecular weight excluding hydrogens is 272 g/mol. The largest absolute Gasteiger partial charge is 0.341 e. The van der Waals surface area contributed by atoms with E-state index in [1.807, 2.05) is 4.90 Å². The molecule has 1 saturated heterocycles. The molecule has 0 bridgehead atoms. The Morgan fingerprint density at radius 2 is 2.00 bits per heavy atom. The van der Waals surface area contributed by atoms with E-state index in [1.54, 1.807) is 6.92 Å². The van der Waals surface area contributed by atoms with Crippen molar-refractivity contribution in [3.8, 4) is 0 Å². The first-order chi connectivity index (χ1) is 10.2. The maximum Gasteiger partial charge on any atom is 0.267 e. The number of fused-ring (bicyclic) bond motifs is 1. The van der Waals surface area contributed by atoms with Gasteiger partial charge in [-0.2, -0.15) is 0 Å². The highest BCUT2D eigenvalue weighted by Crippen LogP contribution is 2.11. The summed E-state index contributed by atoms with van der Waals surface area (Å²) in [5.74, 6) is -0.0331. The molecule has 0 atom stereocenters. The first-order valence-corrected chi connectivity index (χ1v) is 7.26. The van der Waals surface area contributed by atoms with E-state index in [2.05, 4.69) is 10.1 Å². The summed E-state index contributed by atoms with van der Waals surface area (Å²) < 4.78 is 6.29. The number of amides is 1. The smallest absolute Gasteiger partial charge is 0.267 e. The molecule has 112 valence electrons. The average molecular weight is 290 g/mol. The molecule has 2 aromatic heterocycles. The quantitative estimate of drug-likeness (QED) is 0.827. The van der Waals surface area contributed by atoms with Crippen LogP contribution >= 0.6 is 0 Å². The van der Waals surface area contributed by atoms with Gasteiger partial charge < -0.3 is 9.42 Å². The third kappa shape index (κ3) is 2.68. The second-order valence-electron chi connectivity index (χ2n) is 5.42. The van der Waals surface area contributed by atoms with E-state index >= 15 is 0 Å². The Balaban J connectivity index is 1.84. The second kappa shape index (κ2) is 5.67. The lowest BCUT2D eigenvalue weighted by Gasteiger charge is -2.20. The van der Waals surface area contributed by atoms with Crippen LogP contribution in [0.4, 0.5) is 0 Å². The molecule has 7 heteroatoms. The van der Waals surface area contributed by atoms with Gasteiger partial charge in [-0.25, -0.2) is 4.98 Å². The molecule has 0 aliphatic carbocycles. The third-order valence-corrected chi connectivity index (χ3v) is 3.90. The lowest BCUT2D eigenvalue weighted by Crippen LogP contribution is -2.37. The minimum atomic E-state index is -0.276. The van der Waals surface area contributed by atoms with Crippen LogP contribution in [0.3, 0.4) is 0 Å². The van der Waals surface area contributed by atoms with Crippen LogP contribution < -0.4 is 5.56 Å². The number of likely N-dealkylation sites (tertiary alicyclic amines) is 1. The van der Waals surface area contributed by atoms with Gasteiger partial charge in [0, 0.05) is 13.1 Å². The molecule has 0 spiro atoms. The van der Waals surface area contributed by atoms with Gasteiger partial charge >= 0.3 is 0 Å². The maximum atomic E-state index is 12.3. The van der Waals surface area contributed by atoms with Crippen LogP contribution in [-0.2, 0) is 11.3 Å². The standard InChI is InChI=1S/C14H18N4O3/c1-10-12-13(21-16-10)15-9-18(14(12)20)8-11(19)17-6-4-2-3-5-7-17/h9H,2-8H2,1H3. The number of aromatic nitrogens is 3. The Kier molecular flexibility index (Phi) is 3.72. The Labute approximate surface area is 121 Å². The van der Waals surface area contributed by atoms with Gasteiger partial charge in [0.15, 0.2) is 0 Å². The number of nitrogens with zero attached hydrogens (tertiary/aromatic N) is 4. The molecule has 0 N–H and O–H groups in total. The summed E-state index contributed by atoms with van der Waals surface area (Å²) in [6.45, 7) is 3.26. The Hall–Kier alpha value is -2.18. The van der Waals surface area contributed by atoms with Crippen molar-refractivity contribution < 1.29 is 9.32 Å². The summed E-state index contributed by atoms with van der Waals surface area (Å²) in [7, 11) is 0. The second-order valence-corrected chi connectivity index (χ2v) is 5.42. The molecule has 0 aromatic carbocycles. The maximum absolute atomic E-state index is 12.3. The highest BCUT2D eigenvalue weighted by atomic mass is 16.5. The molecule has 1 aliphatic heterocycles. The highest BCUT2D eigenvalue weighted by molar-refractivity contribution is 5.77. The van der Waals surface area contributed by atoms with E-state index in [0.29, 0.717) is 11.1 Å². The van der Waals surface area contributed by atoms with Crippen LogP contribution in [0.15, 0.2) is 15.6 Å². The average Bonchev–Trinajstić information content (AvgIpc) is 2.70. The zero-order valence-electron chi connectivity index (χ0n) is 12.0. The molecule has 21 heavy (non-hydrogen) atoms. The highest BCUT2D eigenvalue weighted by Gasteiger charge is 2.18. The van der Waals surface area contributed by atoms with Crippen LogP contribution in [0.2, 0.25) is 0 Å². The fourth-order valence-corrected chi connectivity index (χ4v) is 2.69. The molecule has 0 unspecified atom stereocenters. The van der Waals surface area contributed by atoms with Crippen molar-refractivity contribution >= 4 is 17.0 Å². The van der Waals surface area contributed by atoms with Crippen LogP contribution in [0.1, 0.15) is 31.4 Å². The normalized spacial score (nSPS) is 16.1. The van der Waals surface area contributed by atoms with E-state index in [0.717, 1.165) is 38.8 Å². The summed E-state index contributed by atoms with van der Waals surface area (Å²) in [5.41, 5.74) is 0.442. The van der Waals surface area contributed by atoms with Crippen molar-refractivity contribution in [2.75, 3.05) is 13.1 Å². The van der Waals surface area contributed by atoms with Crippen LogP contribution in [-0.4, -0.2) is 38.6 Å². The van der Waals surface area contributed by atoms with Crippen LogP contribution in [0, 0.1) is 6.92 Å². The predicted octanol–water partition coefficient (Wildman–Crippen LogP) is 1.10. The molecule has 2 aromatic rings. The van der Waals surface area contributed by atoms with Crippen molar-refractivity contribution in [2.45, 2.75) is 39.2 Å². The van der Waals surface area contributed by atoms with Crippen LogP contribution in [0.25, 0.3) is 11.1 Å². The Morgan fingerprint density at radius 1 is 1.29 bits per heavy atom. The fourth-order valence-electron chi connectivity index (χ4n) is 2.69. The molecule has 0 saturated carbocycles. The SMILES string of the molecule is Cc1noc2ncn(CC(=O)N3CCCCCC3)c(=O)c12. The summed E-state index contributed by atoms with van der Waals surface area (Å²) in [4.78, 5) is 30.6. The molecule has 3 rings (SSSR count). The van der Waals surface area contributed by atoms with Crippen molar-refractivity contribution in [1.82, 2.24) is 19.6 Å². The van der Waals surface area contributed by atoms with E-state index in [9.17, 15) is 9.59 Å². The minimum absolute atomic E-state index is 0.0202. The van der Waals surface area contributed by atoms with Gasteiger partial charge in [-0.1, -0.05) is 18.0 Å². The number of rotatable bonds is 2. The molecule has 0 radical (unpaired) electrons. The monoisotopic (exact) mass is 290 g/mol. The zero-order chi connectivity index (χ0) is 14.8. The lowest BCUT2D eigenvalue weighted by molar-refractivity contribution is -0.131. The number of carbonyl (C=O) groups is 1. The lowest BCUT2D eigenvalue weighted by atomic mass is 10.2. The van der Waals surface area contributed by atoms with Gasteiger partial charge in [0.1, 0.15) is 18.3 Å². The summed E-state index contributed by atoms with van der Waals surface area (Å²) in [5, 5.41) is 4.08. The Morgan fingerprint density at radius 3 is 2.71 bits per heavy atom. The molecule has 1 fully saturated rings. The molecular formula is C14H18N4O3. The topological polar surface area (TPSA) is 81.2 Å². The van der Waals surface area contributed by atoms with E-state index in [4.69, 9.17) is 4.52 Å². The van der Waals surface area contributed by atoms with Crippen molar-refractivity contribution in [3.63, 3.8) is 0 Å². The Bertz CT molecular complexity index is 711. The zero-order valence-corrected chi connectivity index (χ0v) is 12.0. The minimum Gasteiger partial charge on any atom is -0.341 e. The number of hydrogen-bond donors (Lipinski definition) is 0. The third-order valence-electron chi connectivity index (χ3n) is 3.90. The summed E-state index contributed by atoms with van der Waals surface area (Å²) in [6.07, 6.45) is 5.74. The predicted molar refractivity (Wildman–Crippen MR) is 75.8 cm³/mol. The first kappa shape index (κ1) is 13.8. The van der Waals surface area contributed by atoms with E-state index in [1.165, 1.54) is 10.9 Å². The van der Waals surface area contributed by atoms with Gasteiger partial charge in [0.25, 0.3) is 11.3 Å². The van der Waals surface area contributed by atoms with Gasteiger partial charge in [0.05, 0.1) is 5.69 Å². The molecule has 1 amide bonds. The molecule has 7 nitrogen and oxygen atoms in total. The number of aryl methyl sites for hydroxylation is 1. The summed E-state index contributed by atoms with van der Waals surface area (Å²) >= 11 is 0.